The molecule has 1 fully saturated rings. The highest BCUT2D eigenvalue weighted by atomic mass is 32.2. The zero-order valence-corrected chi connectivity index (χ0v) is 16.7. The monoisotopic (exact) mass is 393 g/mol. The van der Waals surface area contributed by atoms with Crippen LogP contribution in [-0.2, 0) is 21.4 Å². The topological polar surface area (TPSA) is 97.2 Å². The molecule has 0 saturated heterocycles. The Labute approximate surface area is 160 Å². The molecular weight excluding hydrogens is 366 g/mol. The number of nitrogens with one attached hydrogen (secondary N) is 1. The first kappa shape index (κ1) is 19.8. The van der Waals surface area contributed by atoms with Crippen LogP contribution >= 0.6 is 0 Å². The summed E-state index contributed by atoms with van der Waals surface area (Å²) in [6.07, 6.45) is 7.30. The maximum absolute atomic E-state index is 12.3. The van der Waals surface area contributed by atoms with Crippen molar-refractivity contribution in [3.8, 4) is 0 Å². The number of amides is 1. The Kier molecular flexibility index (Phi) is 6.11. The van der Waals surface area contributed by atoms with E-state index in [1.165, 1.54) is 45.8 Å². The van der Waals surface area contributed by atoms with Crippen LogP contribution in [-0.4, -0.2) is 53.8 Å². The molecule has 1 saturated carbocycles. The molecule has 8 nitrogen and oxygen atoms in total. The molecule has 9 heteroatoms. The zero-order chi connectivity index (χ0) is 19.4. The Hall–Kier alpha value is -2.00. The smallest absolute Gasteiger partial charge is 0.242 e. The van der Waals surface area contributed by atoms with Crippen LogP contribution in [0.4, 0.5) is 0 Å². The highest BCUT2D eigenvalue weighted by Gasteiger charge is 2.19. The van der Waals surface area contributed by atoms with Gasteiger partial charge < -0.3 is 5.32 Å². The predicted octanol–water partition coefficient (Wildman–Crippen LogP) is 1.91. The van der Waals surface area contributed by atoms with Crippen LogP contribution in [0.25, 0.3) is 11.0 Å². The molecule has 0 aliphatic heterocycles. The molecule has 1 aromatic carbocycles. The number of aryl methyl sites for hydroxylation is 1. The van der Waals surface area contributed by atoms with Gasteiger partial charge in [0, 0.05) is 26.6 Å². The fourth-order valence-corrected chi connectivity index (χ4v) is 4.34. The first-order chi connectivity index (χ1) is 12.9. The minimum absolute atomic E-state index is 0.0253. The Morgan fingerprint density at radius 1 is 1.22 bits per heavy atom. The maximum atomic E-state index is 12.3. The second kappa shape index (κ2) is 8.35. The zero-order valence-electron chi connectivity index (χ0n) is 15.9. The van der Waals surface area contributed by atoms with Crippen molar-refractivity contribution in [3.05, 3.63) is 18.2 Å². The number of carbonyl (C=O) groups is 1. The number of hydrogen-bond acceptors (Lipinski definition) is 5. The first-order valence-electron chi connectivity index (χ1n) is 9.43. The molecule has 0 unspecified atom stereocenters. The second-order valence-electron chi connectivity index (χ2n) is 7.26. The van der Waals surface area contributed by atoms with E-state index in [-0.39, 0.29) is 16.8 Å². The van der Waals surface area contributed by atoms with E-state index in [0.29, 0.717) is 18.5 Å². The summed E-state index contributed by atoms with van der Waals surface area (Å²) in [5, 5.41) is 11.3. The van der Waals surface area contributed by atoms with E-state index in [2.05, 4.69) is 15.6 Å². The van der Waals surface area contributed by atoms with E-state index in [4.69, 9.17) is 0 Å². The third kappa shape index (κ3) is 4.65. The molecule has 1 heterocycles. The van der Waals surface area contributed by atoms with Gasteiger partial charge in [0.2, 0.25) is 15.9 Å². The first-order valence-corrected chi connectivity index (χ1v) is 10.9. The van der Waals surface area contributed by atoms with Gasteiger partial charge in [-0.1, -0.05) is 30.9 Å². The van der Waals surface area contributed by atoms with E-state index in [1.54, 1.807) is 16.8 Å². The van der Waals surface area contributed by atoms with Gasteiger partial charge in [0.1, 0.15) is 5.52 Å². The molecule has 0 spiro atoms. The summed E-state index contributed by atoms with van der Waals surface area (Å²) in [4.78, 5) is 12.4. The molecule has 1 N–H and O–H groups in total. The van der Waals surface area contributed by atoms with E-state index in [1.807, 2.05) is 0 Å². The van der Waals surface area contributed by atoms with Crippen molar-refractivity contribution in [2.24, 2.45) is 0 Å². The van der Waals surface area contributed by atoms with Gasteiger partial charge in [-0.25, -0.2) is 17.4 Å². The highest BCUT2D eigenvalue weighted by molar-refractivity contribution is 7.89. The van der Waals surface area contributed by atoms with E-state index in [0.717, 1.165) is 22.7 Å². The van der Waals surface area contributed by atoms with Crippen molar-refractivity contribution in [1.29, 1.82) is 0 Å². The molecule has 1 aliphatic carbocycles. The fourth-order valence-electron chi connectivity index (χ4n) is 3.42. The Balaban J connectivity index is 1.64. The second-order valence-corrected chi connectivity index (χ2v) is 9.41. The minimum Gasteiger partial charge on any atom is -0.353 e. The van der Waals surface area contributed by atoms with Crippen LogP contribution < -0.4 is 5.32 Å². The van der Waals surface area contributed by atoms with Crippen molar-refractivity contribution in [2.45, 2.75) is 62.4 Å². The minimum atomic E-state index is -3.51. The van der Waals surface area contributed by atoms with Crippen molar-refractivity contribution >= 4 is 27.0 Å². The van der Waals surface area contributed by atoms with Gasteiger partial charge in [0.25, 0.3) is 0 Å². The molecule has 27 heavy (non-hydrogen) atoms. The molecular formula is C18H27N5O3S. The van der Waals surface area contributed by atoms with Crippen LogP contribution in [0, 0.1) is 0 Å². The van der Waals surface area contributed by atoms with Gasteiger partial charge >= 0.3 is 0 Å². The lowest BCUT2D eigenvalue weighted by atomic mass is 10.1. The fraction of sp³-hybridized carbons (Fsp3) is 0.611. The number of benzene rings is 1. The summed E-state index contributed by atoms with van der Waals surface area (Å²) in [5.41, 5.74) is 1.22. The SMILES string of the molecule is CN(C)S(=O)(=O)c1ccc2c(c1)nnn2CCC(=O)NC1CCCCCC1. The molecule has 0 radical (unpaired) electrons. The standard InChI is InChI=1S/C18H27N5O3S/c1-22(2)27(25,26)15-9-10-17-16(13-15)20-21-23(17)12-11-18(24)19-14-7-5-3-4-6-8-14/h9-10,13-14H,3-8,11-12H2,1-2H3,(H,19,24). The number of carbonyl (C=O) groups excluding carboxylic acids is 1. The summed E-state index contributed by atoms with van der Waals surface area (Å²) in [6.45, 7) is 0.412. The molecule has 0 bridgehead atoms. The van der Waals surface area contributed by atoms with E-state index >= 15 is 0 Å². The number of nitrogens with zero attached hydrogens (tertiary/aromatic N) is 4. The Morgan fingerprint density at radius 2 is 1.93 bits per heavy atom. The average Bonchev–Trinajstić information content (AvgIpc) is 2.86. The Bertz CT molecular complexity index is 899. The van der Waals surface area contributed by atoms with Crippen molar-refractivity contribution in [2.75, 3.05) is 14.1 Å². The highest BCUT2D eigenvalue weighted by Crippen LogP contribution is 2.20. The molecule has 1 aromatic heterocycles. The number of hydrogen-bond donors (Lipinski definition) is 1. The van der Waals surface area contributed by atoms with Gasteiger partial charge in [0.05, 0.1) is 17.0 Å². The molecule has 2 aromatic rings. The van der Waals surface area contributed by atoms with Crippen LogP contribution in [0.5, 0.6) is 0 Å². The number of aromatic nitrogens is 3. The number of fused-ring (bicyclic) bond motifs is 1. The van der Waals surface area contributed by atoms with E-state index < -0.39 is 10.0 Å². The quantitative estimate of drug-likeness (QED) is 0.756. The number of rotatable bonds is 6. The summed E-state index contributed by atoms with van der Waals surface area (Å²) in [5.74, 6) is 0.0253. The lowest BCUT2D eigenvalue weighted by Crippen LogP contribution is -2.34. The van der Waals surface area contributed by atoms with Crippen LogP contribution in [0.2, 0.25) is 0 Å². The number of sulfonamides is 1. The molecule has 0 atom stereocenters. The lowest BCUT2D eigenvalue weighted by molar-refractivity contribution is -0.122. The largest absolute Gasteiger partial charge is 0.353 e. The predicted molar refractivity (Wildman–Crippen MR) is 103 cm³/mol. The molecule has 1 aliphatic rings. The van der Waals surface area contributed by atoms with Gasteiger partial charge in [-0.05, 0) is 31.0 Å². The summed E-state index contributed by atoms with van der Waals surface area (Å²) in [7, 11) is -0.533. The normalized spacial score (nSPS) is 16.6. The summed E-state index contributed by atoms with van der Waals surface area (Å²) < 4.78 is 27.3. The lowest BCUT2D eigenvalue weighted by Gasteiger charge is -2.16. The third-order valence-corrected chi connectivity index (χ3v) is 6.85. The third-order valence-electron chi connectivity index (χ3n) is 5.03. The van der Waals surface area contributed by atoms with E-state index in [9.17, 15) is 13.2 Å². The van der Waals surface area contributed by atoms with Crippen LogP contribution in [0.1, 0.15) is 44.9 Å². The van der Waals surface area contributed by atoms with Crippen molar-refractivity contribution in [3.63, 3.8) is 0 Å². The summed E-state index contributed by atoms with van der Waals surface area (Å²) in [6, 6.07) is 5.03. The molecule has 148 valence electrons. The van der Waals surface area contributed by atoms with Crippen LogP contribution in [0.15, 0.2) is 23.1 Å². The molecule has 1 amide bonds. The van der Waals surface area contributed by atoms with Crippen molar-refractivity contribution < 1.29 is 13.2 Å². The van der Waals surface area contributed by atoms with Crippen LogP contribution in [0.3, 0.4) is 0 Å². The van der Waals surface area contributed by atoms with Gasteiger partial charge in [-0.2, -0.15) is 0 Å². The van der Waals surface area contributed by atoms with Gasteiger partial charge in [-0.3, -0.25) is 4.79 Å². The Morgan fingerprint density at radius 3 is 2.59 bits per heavy atom. The van der Waals surface area contributed by atoms with Crippen molar-refractivity contribution in [1.82, 2.24) is 24.6 Å². The maximum Gasteiger partial charge on any atom is 0.242 e. The van der Waals surface area contributed by atoms with Gasteiger partial charge in [-0.15, -0.1) is 5.10 Å². The molecule has 3 rings (SSSR count). The van der Waals surface area contributed by atoms with Gasteiger partial charge in [0.15, 0.2) is 0 Å². The average molecular weight is 394 g/mol. The summed E-state index contributed by atoms with van der Waals surface area (Å²) >= 11 is 0.